The van der Waals surface area contributed by atoms with E-state index in [1.165, 1.54) is 6.92 Å². The van der Waals surface area contributed by atoms with Gasteiger partial charge in [0.1, 0.15) is 5.92 Å². The summed E-state index contributed by atoms with van der Waals surface area (Å²) in [6.07, 6.45) is 1.16. The van der Waals surface area contributed by atoms with Crippen LogP contribution in [0.1, 0.15) is 13.3 Å². The average Bonchev–Trinajstić information content (AvgIpc) is 1.88. The van der Waals surface area contributed by atoms with Crippen LogP contribution in [0.15, 0.2) is 0 Å². The summed E-state index contributed by atoms with van der Waals surface area (Å²) in [6.45, 7) is 1.52. The maximum Gasteiger partial charge on any atom is 0.314 e. The topological polar surface area (TPSA) is 71.4 Å². The van der Waals surface area contributed by atoms with Gasteiger partial charge in [-0.05, 0) is 6.42 Å². The van der Waals surface area contributed by atoms with Crippen molar-refractivity contribution in [3.63, 3.8) is 0 Å². The van der Waals surface area contributed by atoms with E-state index in [0.717, 1.165) is 6.29 Å². The second kappa shape index (κ2) is 3.76. The molecule has 0 heterocycles. The van der Waals surface area contributed by atoms with Crippen molar-refractivity contribution in [3.05, 3.63) is 0 Å². The van der Waals surface area contributed by atoms with Crippen LogP contribution in [0, 0.1) is 5.92 Å². The zero-order valence-corrected chi connectivity index (χ0v) is 5.46. The van der Waals surface area contributed by atoms with Crippen LogP contribution in [0.5, 0.6) is 0 Å². The molecule has 0 spiro atoms. The highest BCUT2D eigenvalue weighted by molar-refractivity contribution is 6.30. The van der Waals surface area contributed by atoms with Gasteiger partial charge in [-0.2, -0.15) is 0 Å². The zero-order valence-electron chi connectivity index (χ0n) is 5.46. The number of ketones is 1. The number of hydrogen-bond donors (Lipinski definition) is 1. The van der Waals surface area contributed by atoms with Crippen LogP contribution < -0.4 is 0 Å². The lowest BCUT2D eigenvalue weighted by molar-refractivity contribution is -0.144. The Kier molecular flexibility index (Phi) is 3.32. The van der Waals surface area contributed by atoms with Gasteiger partial charge in [-0.25, -0.2) is 0 Å². The molecule has 0 aliphatic heterocycles. The van der Waals surface area contributed by atoms with E-state index in [4.69, 9.17) is 5.11 Å². The van der Waals surface area contributed by atoms with Crippen molar-refractivity contribution >= 4 is 18.0 Å². The Bertz CT molecular complexity index is 161. The predicted octanol–water partition coefficient (Wildman–Crippen LogP) is -0.224. The van der Waals surface area contributed by atoms with E-state index in [9.17, 15) is 14.4 Å². The van der Waals surface area contributed by atoms with Gasteiger partial charge in [0.15, 0.2) is 0 Å². The molecule has 0 aliphatic rings. The third-order valence-electron chi connectivity index (χ3n) is 1.12. The largest absolute Gasteiger partial charge is 0.481 e. The summed E-state index contributed by atoms with van der Waals surface area (Å²) in [7, 11) is 0. The van der Waals surface area contributed by atoms with E-state index in [2.05, 4.69) is 0 Å². The summed E-state index contributed by atoms with van der Waals surface area (Å²) in [5.74, 6) is -3.47. The number of carbonyl (C=O) groups is 2. The van der Waals surface area contributed by atoms with E-state index < -0.39 is 17.7 Å². The Morgan fingerprint density at radius 3 is 2.20 bits per heavy atom. The Hall–Kier alpha value is -1.19. The van der Waals surface area contributed by atoms with Crippen molar-refractivity contribution in [2.75, 3.05) is 0 Å². The fourth-order valence-electron chi connectivity index (χ4n) is 0.543. The van der Waals surface area contributed by atoms with Gasteiger partial charge in [-0.15, -0.1) is 0 Å². The third kappa shape index (κ3) is 1.97. The van der Waals surface area contributed by atoms with Crippen LogP contribution in [0.25, 0.3) is 0 Å². The van der Waals surface area contributed by atoms with Gasteiger partial charge in [0.05, 0.1) is 0 Å². The number of carbonyl (C=O) groups excluding carboxylic acids is 2. The Morgan fingerprint density at radius 1 is 1.60 bits per heavy atom. The summed E-state index contributed by atoms with van der Waals surface area (Å²) in [6, 6.07) is 0. The molecule has 1 N–H and O–H groups in total. The molecular weight excluding hydrogens is 136 g/mol. The number of carboxylic acids is 1. The molecule has 0 fully saturated rings. The van der Waals surface area contributed by atoms with Crippen LogP contribution >= 0.6 is 0 Å². The molecule has 1 unspecified atom stereocenters. The van der Waals surface area contributed by atoms with E-state index >= 15 is 0 Å². The average molecular weight is 143 g/mol. The van der Waals surface area contributed by atoms with Gasteiger partial charge >= 0.3 is 5.97 Å². The highest BCUT2D eigenvalue weighted by atomic mass is 16.4. The maximum atomic E-state index is 10.4. The molecule has 0 aromatic heterocycles. The molecule has 0 saturated carbocycles. The van der Waals surface area contributed by atoms with Gasteiger partial charge in [-0.3, -0.25) is 14.4 Å². The third-order valence-corrected chi connectivity index (χ3v) is 1.12. The van der Waals surface area contributed by atoms with Crippen LogP contribution in [0.3, 0.4) is 0 Å². The van der Waals surface area contributed by atoms with Gasteiger partial charge in [0, 0.05) is 0 Å². The number of carboxylic acid groups (broad SMARTS) is 1. The molecule has 55 valence electrons. The molecule has 0 bridgehead atoms. The molecule has 4 nitrogen and oxygen atoms in total. The molecule has 4 heteroatoms. The standard InChI is InChI=1S/C6H7O4/c1-2-4(6(9)10)5(8)3-7/h4H,2H2,1H3,(H,9,10). The van der Waals surface area contributed by atoms with Crippen LogP contribution in [-0.2, 0) is 14.4 Å². The smallest absolute Gasteiger partial charge is 0.314 e. The highest BCUT2D eigenvalue weighted by Crippen LogP contribution is 2.01. The lowest BCUT2D eigenvalue weighted by Crippen LogP contribution is -2.23. The van der Waals surface area contributed by atoms with Crippen LogP contribution in [0.2, 0.25) is 0 Å². The van der Waals surface area contributed by atoms with Crippen molar-refractivity contribution in [2.24, 2.45) is 5.92 Å². The van der Waals surface area contributed by atoms with Crippen LogP contribution in [0.4, 0.5) is 0 Å². The minimum atomic E-state index is -1.27. The lowest BCUT2D eigenvalue weighted by atomic mass is 10.0. The first-order valence-corrected chi connectivity index (χ1v) is 2.78. The number of rotatable bonds is 4. The molecule has 0 amide bonds. The Morgan fingerprint density at radius 2 is 2.10 bits per heavy atom. The van der Waals surface area contributed by atoms with Gasteiger partial charge in [-0.1, -0.05) is 6.92 Å². The molecular formula is C6H7O4. The molecule has 0 rings (SSSR count). The molecule has 0 aliphatic carbocycles. The number of Topliss-reactive ketones (excluding diaryl/α,β-unsaturated/α-hetero) is 1. The molecule has 1 radical (unpaired) electrons. The first kappa shape index (κ1) is 8.81. The molecule has 0 aromatic rings. The van der Waals surface area contributed by atoms with Crippen molar-refractivity contribution in [1.29, 1.82) is 0 Å². The highest BCUT2D eigenvalue weighted by Gasteiger charge is 2.23. The van der Waals surface area contributed by atoms with E-state index in [0.29, 0.717) is 0 Å². The second-order valence-electron chi connectivity index (χ2n) is 1.77. The first-order valence-electron chi connectivity index (χ1n) is 2.78. The predicted molar refractivity (Wildman–Crippen MR) is 32.1 cm³/mol. The monoisotopic (exact) mass is 143 g/mol. The minimum absolute atomic E-state index is 0.128. The molecule has 1 atom stereocenters. The zero-order chi connectivity index (χ0) is 8.15. The first-order chi connectivity index (χ1) is 4.63. The fraction of sp³-hybridized carbons (Fsp3) is 0.500. The molecule has 10 heavy (non-hydrogen) atoms. The SMILES string of the molecule is CCC(C(=O)O)C(=O)[C]=O. The van der Waals surface area contributed by atoms with E-state index in [1.807, 2.05) is 0 Å². The minimum Gasteiger partial charge on any atom is -0.481 e. The second-order valence-corrected chi connectivity index (χ2v) is 1.77. The number of aliphatic carboxylic acids is 1. The Labute approximate surface area is 57.8 Å². The summed E-state index contributed by atoms with van der Waals surface area (Å²) in [5.41, 5.74) is 0. The number of hydrogen-bond acceptors (Lipinski definition) is 3. The molecule has 0 aromatic carbocycles. The van der Waals surface area contributed by atoms with Crippen molar-refractivity contribution < 1.29 is 19.5 Å². The fourth-order valence-corrected chi connectivity index (χ4v) is 0.543. The van der Waals surface area contributed by atoms with Crippen molar-refractivity contribution in [2.45, 2.75) is 13.3 Å². The van der Waals surface area contributed by atoms with Crippen molar-refractivity contribution in [3.8, 4) is 0 Å². The lowest BCUT2D eigenvalue weighted by Gasteiger charge is -2.00. The summed E-state index contributed by atoms with van der Waals surface area (Å²) in [5, 5.41) is 8.28. The van der Waals surface area contributed by atoms with E-state index in [1.54, 1.807) is 0 Å². The van der Waals surface area contributed by atoms with Gasteiger partial charge in [0.25, 0.3) is 6.29 Å². The van der Waals surface area contributed by atoms with Gasteiger partial charge < -0.3 is 5.11 Å². The normalized spacial score (nSPS) is 12.1. The summed E-state index contributed by atoms with van der Waals surface area (Å²) < 4.78 is 0. The van der Waals surface area contributed by atoms with Gasteiger partial charge in [0.2, 0.25) is 5.78 Å². The van der Waals surface area contributed by atoms with Crippen molar-refractivity contribution in [1.82, 2.24) is 0 Å². The van der Waals surface area contributed by atoms with Crippen LogP contribution in [-0.4, -0.2) is 23.1 Å². The van der Waals surface area contributed by atoms with E-state index in [-0.39, 0.29) is 6.42 Å². The Balaban J connectivity index is 4.20. The summed E-state index contributed by atoms with van der Waals surface area (Å²) >= 11 is 0. The summed E-state index contributed by atoms with van der Waals surface area (Å²) in [4.78, 5) is 30.2. The molecule has 0 saturated heterocycles. The maximum absolute atomic E-state index is 10.4. The quantitative estimate of drug-likeness (QED) is 0.436.